The minimum absolute atomic E-state index is 0.163. The first-order valence-electron chi connectivity index (χ1n) is 12.5. The number of hydrogen-bond donors (Lipinski definition) is 1. The Hall–Kier alpha value is -2.00. The van der Waals surface area contributed by atoms with Crippen LogP contribution >= 0.6 is 0 Å². The molecule has 2 aromatic rings. The Morgan fingerprint density at radius 3 is 2.26 bits per heavy atom. The van der Waals surface area contributed by atoms with Gasteiger partial charge < -0.3 is 14.8 Å². The molecule has 31 heavy (non-hydrogen) atoms. The van der Waals surface area contributed by atoms with Crippen LogP contribution in [-0.2, 0) is 6.42 Å². The number of hydrogen-bond acceptors (Lipinski definition) is 3. The van der Waals surface area contributed by atoms with E-state index in [4.69, 9.17) is 9.47 Å². The van der Waals surface area contributed by atoms with Gasteiger partial charge in [-0.2, -0.15) is 0 Å². The smallest absolute Gasteiger partial charge is 0.124 e. The molecule has 1 N–H and O–H groups in total. The minimum Gasteiger partial charge on any atom is -0.490 e. The second-order valence-corrected chi connectivity index (χ2v) is 10.0. The van der Waals surface area contributed by atoms with Gasteiger partial charge in [-0.3, -0.25) is 0 Å². The minimum atomic E-state index is 0.163. The number of fused-ring (bicyclic) bond motifs is 1. The van der Waals surface area contributed by atoms with E-state index in [0.29, 0.717) is 12.1 Å². The highest BCUT2D eigenvalue weighted by Crippen LogP contribution is 2.37. The van der Waals surface area contributed by atoms with Gasteiger partial charge in [0.25, 0.3) is 0 Å². The van der Waals surface area contributed by atoms with Gasteiger partial charge in [-0.05, 0) is 99.5 Å². The quantitative estimate of drug-likeness (QED) is 0.591. The molecule has 0 radical (unpaired) electrons. The molecule has 0 bridgehead atoms. The van der Waals surface area contributed by atoms with Crippen LogP contribution in [-0.4, -0.2) is 18.2 Å². The summed E-state index contributed by atoms with van der Waals surface area (Å²) in [6, 6.07) is 18.4. The number of aryl methyl sites for hydroxylation is 1. The van der Waals surface area contributed by atoms with E-state index < -0.39 is 0 Å². The van der Waals surface area contributed by atoms with Crippen LogP contribution in [0.5, 0.6) is 11.5 Å². The van der Waals surface area contributed by atoms with Crippen LogP contribution in [0.3, 0.4) is 0 Å². The molecule has 5 rings (SSSR count). The van der Waals surface area contributed by atoms with E-state index in [1.165, 1.54) is 49.7 Å². The van der Waals surface area contributed by atoms with E-state index in [1.807, 2.05) is 0 Å². The highest BCUT2D eigenvalue weighted by molar-refractivity contribution is 5.42. The normalized spacial score (nSPS) is 30.8. The molecule has 0 spiro atoms. The topological polar surface area (TPSA) is 30.5 Å². The first-order chi connectivity index (χ1) is 15.2. The second kappa shape index (κ2) is 9.65. The summed E-state index contributed by atoms with van der Waals surface area (Å²) < 4.78 is 12.7. The summed E-state index contributed by atoms with van der Waals surface area (Å²) in [5.41, 5.74) is 2.55. The van der Waals surface area contributed by atoms with Gasteiger partial charge in [0.05, 0.1) is 6.10 Å². The molecular formula is C28H37NO2. The Morgan fingerprint density at radius 1 is 0.806 bits per heavy atom. The highest BCUT2D eigenvalue weighted by atomic mass is 16.5. The van der Waals surface area contributed by atoms with Gasteiger partial charge in [-0.15, -0.1) is 0 Å². The molecule has 3 heteroatoms. The monoisotopic (exact) mass is 419 g/mol. The molecule has 0 saturated heterocycles. The SMILES string of the molecule is C[C@H]1CC[C@H](NC2CCC(Oc3ccc4c(c3)CCC(c3ccccc3)O4)CC2)CC1. The standard InChI is InChI=1S/C28H37NO2/c1-20-7-10-23(11-8-20)29-24-12-14-25(15-13-24)30-26-16-18-28-22(19-26)9-17-27(31-28)21-5-3-2-4-6-21/h2-6,16,18-20,23-25,27,29H,7-15,17H2,1H3/t20-,23-,24?,25?,27?. The Bertz CT molecular complexity index is 835. The van der Waals surface area contributed by atoms with E-state index in [0.717, 1.165) is 49.1 Å². The fraction of sp³-hybridized carbons (Fsp3) is 0.571. The molecule has 0 amide bonds. The molecule has 1 aliphatic heterocycles. The zero-order valence-electron chi connectivity index (χ0n) is 18.9. The third-order valence-corrected chi connectivity index (χ3v) is 7.61. The lowest BCUT2D eigenvalue weighted by Gasteiger charge is -2.35. The van der Waals surface area contributed by atoms with E-state index in [-0.39, 0.29) is 6.10 Å². The van der Waals surface area contributed by atoms with E-state index in [2.05, 4.69) is 60.8 Å². The molecule has 3 aliphatic rings. The highest BCUT2D eigenvalue weighted by Gasteiger charge is 2.27. The summed E-state index contributed by atoms with van der Waals surface area (Å²) in [4.78, 5) is 0. The lowest BCUT2D eigenvalue weighted by molar-refractivity contribution is 0.131. The maximum Gasteiger partial charge on any atom is 0.124 e. The van der Waals surface area contributed by atoms with Crippen molar-refractivity contribution < 1.29 is 9.47 Å². The van der Waals surface area contributed by atoms with Crippen molar-refractivity contribution >= 4 is 0 Å². The van der Waals surface area contributed by atoms with Crippen LogP contribution in [0.15, 0.2) is 48.5 Å². The van der Waals surface area contributed by atoms with Gasteiger partial charge >= 0.3 is 0 Å². The molecular weight excluding hydrogens is 382 g/mol. The number of rotatable bonds is 5. The van der Waals surface area contributed by atoms with Crippen molar-refractivity contribution in [3.63, 3.8) is 0 Å². The van der Waals surface area contributed by atoms with Crippen LogP contribution in [0.25, 0.3) is 0 Å². The Morgan fingerprint density at radius 2 is 1.52 bits per heavy atom. The molecule has 2 aromatic carbocycles. The zero-order chi connectivity index (χ0) is 21.0. The van der Waals surface area contributed by atoms with Crippen LogP contribution in [0.4, 0.5) is 0 Å². The van der Waals surface area contributed by atoms with Gasteiger partial charge in [-0.25, -0.2) is 0 Å². The largest absolute Gasteiger partial charge is 0.490 e. The van der Waals surface area contributed by atoms with Gasteiger partial charge in [-0.1, -0.05) is 37.3 Å². The van der Waals surface area contributed by atoms with Crippen molar-refractivity contribution in [2.45, 2.75) is 95.4 Å². The number of nitrogens with one attached hydrogen (secondary N) is 1. The van der Waals surface area contributed by atoms with E-state index in [1.54, 1.807) is 0 Å². The maximum absolute atomic E-state index is 6.40. The van der Waals surface area contributed by atoms with Crippen molar-refractivity contribution in [3.8, 4) is 11.5 Å². The fourth-order valence-corrected chi connectivity index (χ4v) is 5.64. The average molecular weight is 420 g/mol. The van der Waals surface area contributed by atoms with Gasteiger partial charge in [0.15, 0.2) is 0 Å². The van der Waals surface area contributed by atoms with Crippen LogP contribution in [0, 0.1) is 5.92 Å². The Balaban J connectivity index is 1.11. The number of ether oxygens (including phenoxy) is 2. The summed E-state index contributed by atoms with van der Waals surface area (Å²) in [5.74, 6) is 2.95. The predicted octanol–water partition coefficient (Wildman–Crippen LogP) is 6.61. The third kappa shape index (κ3) is 5.26. The van der Waals surface area contributed by atoms with Gasteiger partial charge in [0.2, 0.25) is 0 Å². The Kier molecular flexibility index (Phi) is 6.50. The van der Waals surface area contributed by atoms with Crippen molar-refractivity contribution in [3.05, 3.63) is 59.7 Å². The van der Waals surface area contributed by atoms with E-state index >= 15 is 0 Å². The molecule has 3 nitrogen and oxygen atoms in total. The van der Waals surface area contributed by atoms with Crippen LogP contribution in [0.2, 0.25) is 0 Å². The number of benzene rings is 2. The van der Waals surface area contributed by atoms with Crippen molar-refractivity contribution in [2.75, 3.05) is 0 Å². The molecule has 2 saturated carbocycles. The van der Waals surface area contributed by atoms with Crippen molar-refractivity contribution in [1.82, 2.24) is 5.32 Å². The molecule has 1 unspecified atom stereocenters. The first kappa shape index (κ1) is 20.9. The summed E-state index contributed by atoms with van der Waals surface area (Å²) in [5, 5.41) is 3.95. The molecule has 2 fully saturated rings. The Labute approximate surface area is 187 Å². The molecule has 1 heterocycles. The molecule has 166 valence electrons. The molecule has 1 atom stereocenters. The van der Waals surface area contributed by atoms with Gasteiger partial charge in [0, 0.05) is 12.1 Å². The summed E-state index contributed by atoms with van der Waals surface area (Å²) in [6.07, 6.45) is 12.9. The zero-order valence-corrected chi connectivity index (χ0v) is 18.9. The fourth-order valence-electron chi connectivity index (χ4n) is 5.64. The molecule has 2 aliphatic carbocycles. The second-order valence-electron chi connectivity index (χ2n) is 10.0. The van der Waals surface area contributed by atoms with E-state index in [9.17, 15) is 0 Å². The first-order valence-corrected chi connectivity index (χ1v) is 12.5. The van der Waals surface area contributed by atoms with Crippen LogP contribution < -0.4 is 14.8 Å². The predicted molar refractivity (Wildman–Crippen MR) is 126 cm³/mol. The summed E-state index contributed by atoms with van der Waals surface area (Å²) in [6.45, 7) is 2.40. The third-order valence-electron chi connectivity index (χ3n) is 7.61. The van der Waals surface area contributed by atoms with Crippen molar-refractivity contribution in [2.24, 2.45) is 5.92 Å². The summed E-state index contributed by atoms with van der Waals surface area (Å²) >= 11 is 0. The molecule has 0 aromatic heterocycles. The summed E-state index contributed by atoms with van der Waals surface area (Å²) in [7, 11) is 0. The van der Waals surface area contributed by atoms with Gasteiger partial charge in [0.1, 0.15) is 17.6 Å². The average Bonchev–Trinajstić information content (AvgIpc) is 2.82. The maximum atomic E-state index is 6.40. The van der Waals surface area contributed by atoms with Crippen LogP contribution in [0.1, 0.15) is 81.9 Å². The van der Waals surface area contributed by atoms with Crippen molar-refractivity contribution in [1.29, 1.82) is 0 Å². The lowest BCUT2D eigenvalue weighted by Crippen LogP contribution is -2.43. The lowest BCUT2D eigenvalue weighted by atomic mass is 9.85.